The fourth-order valence-corrected chi connectivity index (χ4v) is 3.87. The number of likely N-dealkylation sites (tertiary alicyclic amines) is 1. The van der Waals surface area contributed by atoms with E-state index in [0.717, 1.165) is 45.8 Å². The largest absolute Gasteiger partial charge is 0.340 e. The van der Waals surface area contributed by atoms with Gasteiger partial charge in [-0.25, -0.2) is 4.39 Å². The summed E-state index contributed by atoms with van der Waals surface area (Å²) in [7, 11) is 0. The van der Waals surface area contributed by atoms with E-state index in [1.165, 1.54) is 17.7 Å². The number of halogens is 1. The zero-order valence-corrected chi connectivity index (χ0v) is 14.0. The van der Waals surface area contributed by atoms with Crippen LogP contribution in [0.3, 0.4) is 0 Å². The van der Waals surface area contributed by atoms with Crippen molar-refractivity contribution < 1.29 is 9.18 Å². The Morgan fingerprint density at radius 2 is 1.78 bits per heavy atom. The third-order valence-electron chi connectivity index (χ3n) is 5.20. The summed E-state index contributed by atoms with van der Waals surface area (Å²) in [6, 6.07) is 7.38. The van der Waals surface area contributed by atoms with Gasteiger partial charge in [0.1, 0.15) is 5.82 Å². The Balaban J connectivity index is 1.54. The molecule has 0 bridgehead atoms. The van der Waals surface area contributed by atoms with Crippen molar-refractivity contribution in [3.05, 3.63) is 35.6 Å². The molecular weight excluding hydrogens is 293 g/mol. The predicted molar refractivity (Wildman–Crippen MR) is 88.5 cm³/mol. The Bertz CT molecular complexity index is 540. The highest BCUT2D eigenvalue weighted by atomic mass is 19.1. The molecule has 0 unspecified atom stereocenters. The van der Waals surface area contributed by atoms with Crippen molar-refractivity contribution in [3.8, 4) is 0 Å². The smallest absolute Gasteiger partial charge is 0.219 e. The van der Waals surface area contributed by atoms with E-state index in [1.54, 1.807) is 6.92 Å². The van der Waals surface area contributed by atoms with Crippen molar-refractivity contribution in [2.45, 2.75) is 26.4 Å². The molecular formula is C18H26FN3O. The minimum atomic E-state index is -0.176. The highest BCUT2D eigenvalue weighted by Gasteiger charge is 2.35. The zero-order valence-electron chi connectivity index (χ0n) is 14.0. The summed E-state index contributed by atoms with van der Waals surface area (Å²) in [5.41, 5.74) is 1.17. The van der Waals surface area contributed by atoms with E-state index in [1.807, 2.05) is 17.0 Å². The third-order valence-corrected chi connectivity index (χ3v) is 5.20. The van der Waals surface area contributed by atoms with Gasteiger partial charge in [0.25, 0.3) is 0 Å². The van der Waals surface area contributed by atoms with Crippen LogP contribution in [0.1, 0.15) is 19.4 Å². The summed E-state index contributed by atoms with van der Waals surface area (Å²) in [5, 5.41) is 0. The molecule has 4 nitrogen and oxygen atoms in total. The Hall–Kier alpha value is -1.46. The maximum atomic E-state index is 13.0. The minimum absolute atomic E-state index is 0.176. The van der Waals surface area contributed by atoms with Crippen LogP contribution in [0.25, 0.3) is 0 Å². The molecule has 0 radical (unpaired) electrons. The van der Waals surface area contributed by atoms with Crippen molar-refractivity contribution in [3.63, 3.8) is 0 Å². The number of benzene rings is 1. The number of nitrogens with zero attached hydrogens (tertiary/aromatic N) is 3. The summed E-state index contributed by atoms with van der Waals surface area (Å²) in [4.78, 5) is 18.4. The Kier molecular flexibility index (Phi) is 4.97. The molecule has 2 atom stereocenters. The first kappa shape index (κ1) is 16.4. The van der Waals surface area contributed by atoms with Crippen molar-refractivity contribution >= 4 is 5.91 Å². The van der Waals surface area contributed by atoms with Gasteiger partial charge in [0.15, 0.2) is 0 Å². The molecule has 0 aliphatic carbocycles. The molecule has 2 aliphatic rings. The average Bonchev–Trinajstić information content (AvgIpc) is 2.90. The first-order valence-electron chi connectivity index (χ1n) is 8.49. The highest BCUT2D eigenvalue weighted by molar-refractivity contribution is 5.73. The van der Waals surface area contributed by atoms with Gasteiger partial charge in [-0.15, -0.1) is 0 Å². The second kappa shape index (κ2) is 6.97. The summed E-state index contributed by atoms with van der Waals surface area (Å²) < 4.78 is 13.0. The second-order valence-corrected chi connectivity index (χ2v) is 6.91. The van der Waals surface area contributed by atoms with Crippen LogP contribution < -0.4 is 0 Å². The maximum Gasteiger partial charge on any atom is 0.219 e. The molecule has 3 rings (SSSR count). The molecule has 126 valence electrons. The van der Waals surface area contributed by atoms with Crippen molar-refractivity contribution in [1.82, 2.24) is 14.7 Å². The van der Waals surface area contributed by atoms with E-state index in [4.69, 9.17) is 0 Å². The highest BCUT2D eigenvalue weighted by Crippen LogP contribution is 2.24. The fourth-order valence-electron chi connectivity index (χ4n) is 3.87. The monoisotopic (exact) mass is 319 g/mol. The molecule has 1 aromatic rings. The van der Waals surface area contributed by atoms with Gasteiger partial charge in [0.2, 0.25) is 5.91 Å². The van der Waals surface area contributed by atoms with E-state index < -0.39 is 0 Å². The van der Waals surface area contributed by atoms with Gasteiger partial charge in [0.05, 0.1) is 0 Å². The molecule has 2 saturated heterocycles. The molecule has 2 heterocycles. The minimum Gasteiger partial charge on any atom is -0.340 e. The SMILES string of the molecule is CC(=O)N1CCN([C@@H]2CN(Cc3ccc(F)cc3)C[C@@H]2C)CC1. The van der Waals surface area contributed by atoms with E-state index >= 15 is 0 Å². The lowest BCUT2D eigenvalue weighted by atomic mass is 10.0. The molecule has 2 fully saturated rings. The quantitative estimate of drug-likeness (QED) is 0.850. The van der Waals surface area contributed by atoms with Crippen LogP contribution in [0.4, 0.5) is 4.39 Å². The topological polar surface area (TPSA) is 26.8 Å². The Morgan fingerprint density at radius 3 is 2.39 bits per heavy atom. The van der Waals surface area contributed by atoms with Gasteiger partial charge in [-0.1, -0.05) is 19.1 Å². The van der Waals surface area contributed by atoms with Crippen molar-refractivity contribution in [2.75, 3.05) is 39.3 Å². The summed E-state index contributed by atoms with van der Waals surface area (Å²) >= 11 is 0. The van der Waals surface area contributed by atoms with Crippen LogP contribution in [-0.2, 0) is 11.3 Å². The standard InChI is InChI=1S/C18H26FN3O/c1-14-11-20(12-16-3-5-17(19)6-4-16)13-18(14)22-9-7-21(8-10-22)15(2)23/h3-6,14,18H,7-13H2,1-2H3/t14-,18+/m0/s1. The second-order valence-electron chi connectivity index (χ2n) is 6.91. The summed E-state index contributed by atoms with van der Waals surface area (Å²) in [5.74, 6) is 0.631. The van der Waals surface area contributed by atoms with E-state index in [0.29, 0.717) is 12.0 Å². The molecule has 0 N–H and O–H groups in total. The van der Waals surface area contributed by atoms with Crippen LogP contribution in [0.15, 0.2) is 24.3 Å². The Morgan fingerprint density at radius 1 is 1.13 bits per heavy atom. The van der Waals surface area contributed by atoms with Crippen LogP contribution in [0.5, 0.6) is 0 Å². The number of amides is 1. The number of rotatable bonds is 3. The van der Waals surface area contributed by atoms with Crippen LogP contribution in [0, 0.1) is 11.7 Å². The summed E-state index contributed by atoms with van der Waals surface area (Å²) in [6.45, 7) is 10.6. The number of carbonyl (C=O) groups excluding carboxylic acids is 1. The van der Waals surface area contributed by atoms with E-state index in [2.05, 4.69) is 16.7 Å². The van der Waals surface area contributed by atoms with Crippen molar-refractivity contribution in [1.29, 1.82) is 0 Å². The molecule has 1 aromatic carbocycles. The van der Waals surface area contributed by atoms with Gasteiger partial charge < -0.3 is 4.90 Å². The van der Waals surface area contributed by atoms with Crippen LogP contribution >= 0.6 is 0 Å². The number of hydrogen-bond acceptors (Lipinski definition) is 3. The average molecular weight is 319 g/mol. The van der Waals surface area contributed by atoms with E-state index in [-0.39, 0.29) is 11.7 Å². The molecule has 23 heavy (non-hydrogen) atoms. The van der Waals surface area contributed by atoms with Crippen LogP contribution in [-0.4, -0.2) is 65.9 Å². The van der Waals surface area contributed by atoms with Gasteiger partial charge in [-0.2, -0.15) is 0 Å². The lowest BCUT2D eigenvalue weighted by Gasteiger charge is -2.39. The Labute approximate surface area is 137 Å². The molecule has 5 heteroatoms. The maximum absolute atomic E-state index is 13.0. The molecule has 0 saturated carbocycles. The predicted octanol–water partition coefficient (Wildman–Crippen LogP) is 1.81. The van der Waals surface area contributed by atoms with Gasteiger partial charge in [0, 0.05) is 58.8 Å². The molecule has 0 spiro atoms. The molecule has 0 aromatic heterocycles. The van der Waals surface area contributed by atoms with Crippen LogP contribution in [0.2, 0.25) is 0 Å². The van der Waals surface area contributed by atoms with E-state index in [9.17, 15) is 9.18 Å². The van der Waals surface area contributed by atoms with Gasteiger partial charge >= 0.3 is 0 Å². The normalized spacial score (nSPS) is 26.7. The lowest BCUT2D eigenvalue weighted by molar-refractivity contribution is -0.130. The first-order chi connectivity index (χ1) is 11.0. The fraction of sp³-hybridized carbons (Fsp3) is 0.611. The number of piperazine rings is 1. The van der Waals surface area contributed by atoms with Gasteiger partial charge in [-0.3, -0.25) is 14.6 Å². The zero-order chi connectivity index (χ0) is 16.4. The third kappa shape index (κ3) is 3.90. The molecule has 2 aliphatic heterocycles. The lowest BCUT2D eigenvalue weighted by Crippen LogP contribution is -2.53. The van der Waals surface area contributed by atoms with Crippen molar-refractivity contribution in [2.24, 2.45) is 5.92 Å². The van der Waals surface area contributed by atoms with Gasteiger partial charge in [-0.05, 0) is 23.6 Å². The number of carbonyl (C=O) groups is 1. The summed E-state index contributed by atoms with van der Waals surface area (Å²) in [6.07, 6.45) is 0. The number of hydrogen-bond donors (Lipinski definition) is 0. The molecule has 1 amide bonds. The first-order valence-corrected chi connectivity index (χ1v) is 8.49.